The number of rotatable bonds is 5. The fourth-order valence-electron chi connectivity index (χ4n) is 2.77. The predicted molar refractivity (Wildman–Crippen MR) is 79.1 cm³/mol. The van der Waals surface area contributed by atoms with E-state index in [1.165, 1.54) is 0 Å². The Morgan fingerprint density at radius 1 is 1.05 bits per heavy atom. The summed E-state index contributed by atoms with van der Waals surface area (Å²) in [7, 11) is 0. The van der Waals surface area contributed by atoms with E-state index in [-0.39, 0.29) is 12.0 Å². The maximum absolute atomic E-state index is 10.4. The zero-order valence-corrected chi connectivity index (χ0v) is 12.1. The van der Waals surface area contributed by atoms with Crippen molar-refractivity contribution < 1.29 is 5.11 Å². The normalized spacial score (nSPS) is 21.2. The first kappa shape index (κ1) is 14.5. The predicted octanol–water partition coefficient (Wildman–Crippen LogP) is 1.99. The van der Waals surface area contributed by atoms with Crippen molar-refractivity contribution in [2.24, 2.45) is 5.92 Å². The van der Waals surface area contributed by atoms with Crippen molar-refractivity contribution in [1.82, 2.24) is 9.80 Å². The molecule has 2 atom stereocenters. The van der Waals surface area contributed by atoms with Gasteiger partial charge in [-0.05, 0) is 18.0 Å². The SMILES string of the molecule is CCN1CCN(CC(C)C(O)c2ccccc2)CC1. The van der Waals surface area contributed by atoms with Crippen LogP contribution in [-0.2, 0) is 0 Å². The second kappa shape index (κ2) is 7.04. The summed E-state index contributed by atoms with van der Waals surface area (Å²) in [4.78, 5) is 4.96. The molecule has 3 nitrogen and oxygen atoms in total. The first-order valence-electron chi connectivity index (χ1n) is 7.38. The molecule has 0 saturated carbocycles. The number of aliphatic hydroxyl groups is 1. The van der Waals surface area contributed by atoms with E-state index in [0.29, 0.717) is 0 Å². The van der Waals surface area contributed by atoms with Gasteiger partial charge in [-0.2, -0.15) is 0 Å². The first-order valence-corrected chi connectivity index (χ1v) is 7.38. The lowest BCUT2D eigenvalue weighted by molar-refractivity contribution is 0.0659. The Labute approximate surface area is 116 Å². The second-order valence-electron chi connectivity index (χ2n) is 5.57. The van der Waals surface area contributed by atoms with Gasteiger partial charge in [0, 0.05) is 32.7 Å². The van der Waals surface area contributed by atoms with Crippen molar-refractivity contribution in [3.8, 4) is 0 Å². The molecular weight excluding hydrogens is 236 g/mol. The topological polar surface area (TPSA) is 26.7 Å². The average molecular weight is 262 g/mol. The van der Waals surface area contributed by atoms with Crippen LogP contribution >= 0.6 is 0 Å². The van der Waals surface area contributed by atoms with Crippen LogP contribution in [0.2, 0.25) is 0 Å². The third-order valence-corrected chi connectivity index (χ3v) is 4.14. The van der Waals surface area contributed by atoms with Crippen molar-refractivity contribution in [2.45, 2.75) is 20.0 Å². The number of hydrogen-bond donors (Lipinski definition) is 1. The van der Waals surface area contributed by atoms with Crippen LogP contribution in [0.1, 0.15) is 25.5 Å². The highest BCUT2D eigenvalue weighted by Crippen LogP contribution is 2.22. The van der Waals surface area contributed by atoms with Crippen LogP contribution in [0, 0.1) is 5.92 Å². The zero-order valence-electron chi connectivity index (χ0n) is 12.1. The highest BCUT2D eigenvalue weighted by Gasteiger charge is 2.22. The van der Waals surface area contributed by atoms with E-state index in [9.17, 15) is 5.11 Å². The van der Waals surface area contributed by atoms with E-state index in [1.807, 2.05) is 30.3 Å². The first-order chi connectivity index (χ1) is 9.20. The van der Waals surface area contributed by atoms with Crippen molar-refractivity contribution in [2.75, 3.05) is 39.3 Å². The summed E-state index contributed by atoms with van der Waals surface area (Å²) in [6.07, 6.45) is -0.356. The van der Waals surface area contributed by atoms with Gasteiger partial charge in [-0.25, -0.2) is 0 Å². The van der Waals surface area contributed by atoms with Crippen molar-refractivity contribution in [3.63, 3.8) is 0 Å². The van der Waals surface area contributed by atoms with Crippen LogP contribution in [0.3, 0.4) is 0 Å². The summed E-state index contributed by atoms with van der Waals surface area (Å²) in [6.45, 7) is 11.1. The molecule has 1 fully saturated rings. The molecule has 2 rings (SSSR count). The number of benzene rings is 1. The van der Waals surface area contributed by atoms with Crippen molar-refractivity contribution in [3.05, 3.63) is 35.9 Å². The second-order valence-corrected chi connectivity index (χ2v) is 5.57. The van der Waals surface area contributed by atoms with Gasteiger partial charge in [-0.15, -0.1) is 0 Å². The summed E-state index contributed by atoms with van der Waals surface area (Å²) >= 11 is 0. The molecule has 19 heavy (non-hydrogen) atoms. The Hall–Kier alpha value is -0.900. The summed E-state index contributed by atoms with van der Waals surface area (Å²) in [5.74, 6) is 0.274. The molecule has 0 bridgehead atoms. The minimum Gasteiger partial charge on any atom is -0.388 e. The monoisotopic (exact) mass is 262 g/mol. The maximum atomic E-state index is 10.4. The van der Waals surface area contributed by atoms with E-state index in [4.69, 9.17) is 0 Å². The molecule has 106 valence electrons. The van der Waals surface area contributed by atoms with Crippen LogP contribution < -0.4 is 0 Å². The standard InChI is InChI=1S/C16H26N2O/c1-3-17-9-11-18(12-10-17)13-14(2)16(19)15-7-5-4-6-8-15/h4-8,14,16,19H,3,9-13H2,1-2H3. The number of likely N-dealkylation sites (N-methyl/N-ethyl adjacent to an activating group) is 1. The van der Waals surface area contributed by atoms with E-state index < -0.39 is 0 Å². The molecule has 0 amide bonds. The molecule has 1 N–H and O–H groups in total. The minimum atomic E-state index is -0.356. The molecule has 1 aromatic carbocycles. The zero-order chi connectivity index (χ0) is 13.7. The molecule has 0 radical (unpaired) electrons. The van der Waals surface area contributed by atoms with Crippen LogP contribution in [0.25, 0.3) is 0 Å². The molecule has 1 heterocycles. The van der Waals surface area contributed by atoms with Crippen molar-refractivity contribution >= 4 is 0 Å². The molecule has 3 heteroatoms. The van der Waals surface area contributed by atoms with Crippen LogP contribution in [0.15, 0.2) is 30.3 Å². The Morgan fingerprint density at radius 2 is 1.63 bits per heavy atom. The smallest absolute Gasteiger partial charge is 0.0827 e. The highest BCUT2D eigenvalue weighted by molar-refractivity contribution is 5.17. The number of hydrogen-bond acceptors (Lipinski definition) is 3. The van der Waals surface area contributed by atoms with Crippen LogP contribution in [0.4, 0.5) is 0 Å². The van der Waals surface area contributed by atoms with Gasteiger partial charge >= 0.3 is 0 Å². The molecule has 0 spiro atoms. The largest absolute Gasteiger partial charge is 0.388 e. The molecule has 1 aliphatic heterocycles. The van der Waals surface area contributed by atoms with Gasteiger partial charge in [0.15, 0.2) is 0 Å². The lowest BCUT2D eigenvalue weighted by Crippen LogP contribution is -2.47. The molecule has 1 aromatic rings. The fraction of sp³-hybridized carbons (Fsp3) is 0.625. The summed E-state index contributed by atoms with van der Waals surface area (Å²) < 4.78 is 0. The van der Waals surface area contributed by atoms with E-state index >= 15 is 0 Å². The van der Waals surface area contributed by atoms with Gasteiger partial charge in [0.2, 0.25) is 0 Å². The fourth-order valence-corrected chi connectivity index (χ4v) is 2.77. The number of piperazine rings is 1. The van der Waals surface area contributed by atoms with Gasteiger partial charge in [0.1, 0.15) is 0 Å². The average Bonchev–Trinajstić information content (AvgIpc) is 2.48. The van der Waals surface area contributed by atoms with E-state index in [0.717, 1.165) is 44.8 Å². The van der Waals surface area contributed by atoms with Crippen molar-refractivity contribution in [1.29, 1.82) is 0 Å². The van der Waals surface area contributed by atoms with Gasteiger partial charge in [0.25, 0.3) is 0 Å². The third-order valence-electron chi connectivity index (χ3n) is 4.14. The highest BCUT2D eigenvalue weighted by atomic mass is 16.3. The molecule has 0 aliphatic carbocycles. The maximum Gasteiger partial charge on any atom is 0.0827 e. The summed E-state index contributed by atoms with van der Waals surface area (Å²) in [5, 5.41) is 10.4. The Bertz CT molecular complexity index is 360. The molecule has 1 saturated heterocycles. The molecule has 2 unspecified atom stereocenters. The van der Waals surface area contributed by atoms with Gasteiger partial charge in [0.05, 0.1) is 6.10 Å². The lowest BCUT2D eigenvalue weighted by atomic mass is 9.97. The van der Waals surface area contributed by atoms with E-state index in [1.54, 1.807) is 0 Å². The van der Waals surface area contributed by atoms with Gasteiger partial charge in [-0.3, -0.25) is 0 Å². The Kier molecular flexibility index (Phi) is 5.37. The quantitative estimate of drug-likeness (QED) is 0.879. The lowest BCUT2D eigenvalue weighted by Gasteiger charge is -2.36. The molecule has 1 aliphatic rings. The van der Waals surface area contributed by atoms with Gasteiger partial charge < -0.3 is 14.9 Å². The summed E-state index contributed by atoms with van der Waals surface area (Å²) in [5.41, 5.74) is 1.03. The minimum absolute atomic E-state index is 0.274. The molecule has 0 aromatic heterocycles. The Balaban J connectivity index is 1.83. The van der Waals surface area contributed by atoms with Crippen LogP contribution in [-0.4, -0.2) is 54.2 Å². The van der Waals surface area contributed by atoms with E-state index in [2.05, 4.69) is 23.6 Å². The summed E-state index contributed by atoms with van der Waals surface area (Å²) in [6, 6.07) is 9.99. The Morgan fingerprint density at radius 3 is 2.21 bits per heavy atom. The van der Waals surface area contributed by atoms with Gasteiger partial charge in [-0.1, -0.05) is 44.2 Å². The molecular formula is C16H26N2O. The number of nitrogens with zero attached hydrogens (tertiary/aromatic N) is 2. The third kappa shape index (κ3) is 4.03. The van der Waals surface area contributed by atoms with Crippen LogP contribution in [0.5, 0.6) is 0 Å². The number of aliphatic hydroxyl groups excluding tert-OH is 1.